The highest BCUT2D eigenvalue weighted by molar-refractivity contribution is 7.89. The van der Waals surface area contributed by atoms with E-state index in [0.717, 1.165) is 4.88 Å². The van der Waals surface area contributed by atoms with Crippen molar-refractivity contribution in [3.63, 3.8) is 0 Å². The van der Waals surface area contributed by atoms with E-state index in [2.05, 4.69) is 17.2 Å². The van der Waals surface area contributed by atoms with Gasteiger partial charge in [-0.15, -0.1) is 17.9 Å². The van der Waals surface area contributed by atoms with Crippen LogP contribution in [0, 0.1) is 0 Å². The Morgan fingerprint density at radius 1 is 1.31 bits per heavy atom. The van der Waals surface area contributed by atoms with Crippen molar-refractivity contribution >= 4 is 44.7 Å². The van der Waals surface area contributed by atoms with E-state index < -0.39 is 10.0 Å². The highest BCUT2D eigenvalue weighted by atomic mass is 35.5. The molecule has 0 spiro atoms. The van der Waals surface area contributed by atoms with Crippen molar-refractivity contribution in [3.8, 4) is 0 Å². The molecular weight excluding hydrogens is 394 g/mol. The minimum Gasteiger partial charge on any atom is -0.331 e. The SMILES string of the molecule is C=CCN(C)S(=O)(=O)c1ccc(NC(=O)N[C@H](C)c2ccc(Cl)s2)cc1. The van der Waals surface area contributed by atoms with Gasteiger partial charge < -0.3 is 10.6 Å². The number of urea groups is 1. The summed E-state index contributed by atoms with van der Waals surface area (Å²) in [5.74, 6) is 0. The van der Waals surface area contributed by atoms with Crippen LogP contribution in [0.2, 0.25) is 4.34 Å². The Kier molecular flexibility index (Phi) is 6.82. The second-order valence-electron chi connectivity index (χ2n) is 5.56. The smallest absolute Gasteiger partial charge is 0.319 e. The molecule has 0 radical (unpaired) electrons. The average Bonchev–Trinajstić information content (AvgIpc) is 3.02. The molecule has 0 saturated carbocycles. The van der Waals surface area contributed by atoms with Crippen LogP contribution >= 0.6 is 22.9 Å². The van der Waals surface area contributed by atoms with Crippen molar-refractivity contribution in [1.29, 1.82) is 0 Å². The lowest BCUT2D eigenvalue weighted by Gasteiger charge is -2.16. The van der Waals surface area contributed by atoms with Gasteiger partial charge in [0.15, 0.2) is 0 Å². The van der Waals surface area contributed by atoms with E-state index in [4.69, 9.17) is 11.6 Å². The highest BCUT2D eigenvalue weighted by Gasteiger charge is 2.19. The summed E-state index contributed by atoms with van der Waals surface area (Å²) in [4.78, 5) is 13.2. The maximum Gasteiger partial charge on any atom is 0.319 e. The second kappa shape index (κ2) is 8.68. The molecule has 2 rings (SSSR count). The van der Waals surface area contributed by atoms with E-state index in [0.29, 0.717) is 10.0 Å². The largest absolute Gasteiger partial charge is 0.331 e. The third-order valence-electron chi connectivity index (χ3n) is 3.57. The number of carbonyl (C=O) groups is 1. The van der Waals surface area contributed by atoms with Crippen molar-refractivity contribution < 1.29 is 13.2 Å². The molecule has 1 atom stereocenters. The number of nitrogens with one attached hydrogen (secondary N) is 2. The monoisotopic (exact) mass is 413 g/mol. The first-order chi connectivity index (χ1) is 12.2. The summed E-state index contributed by atoms with van der Waals surface area (Å²) in [6, 6.07) is 9.04. The van der Waals surface area contributed by atoms with E-state index in [-0.39, 0.29) is 23.5 Å². The lowest BCUT2D eigenvalue weighted by atomic mass is 10.3. The van der Waals surface area contributed by atoms with Crippen LogP contribution < -0.4 is 10.6 Å². The molecule has 0 aliphatic carbocycles. The quantitative estimate of drug-likeness (QED) is 0.671. The van der Waals surface area contributed by atoms with Gasteiger partial charge in [-0.2, -0.15) is 4.31 Å². The number of nitrogens with zero attached hydrogens (tertiary/aromatic N) is 1. The van der Waals surface area contributed by atoms with Gasteiger partial charge in [0.2, 0.25) is 10.0 Å². The molecule has 2 N–H and O–H groups in total. The van der Waals surface area contributed by atoms with Gasteiger partial charge in [-0.3, -0.25) is 0 Å². The Morgan fingerprint density at radius 2 is 1.96 bits per heavy atom. The number of halogens is 1. The predicted molar refractivity (Wildman–Crippen MR) is 106 cm³/mol. The first kappa shape index (κ1) is 20.4. The summed E-state index contributed by atoms with van der Waals surface area (Å²) in [5.41, 5.74) is 0.490. The summed E-state index contributed by atoms with van der Waals surface area (Å²) < 4.78 is 26.5. The summed E-state index contributed by atoms with van der Waals surface area (Å²) >= 11 is 7.30. The molecule has 1 aromatic heterocycles. The number of thiophene rings is 1. The molecule has 0 aliphatic rings. The summed E-state index contributed by atoms with van der Waals surface area (Å²) in [6.45, 7) is 5.61. The van der Waals surface area contributed by atoms with Gasteiger partial charge in [-0.1, -0.05) is 17.7 Å². The van der Waals surface area contributed by atoms with Gasteiger partial charge in [-0.25, -0.2) is 13.2 Å². The van der Waals surface area contributed by atoms with E-state index >= 15 is 0 Å². The molecule has 0 aliphatic heterocycles. The third-order valence-corrected chi connectivity index (χ3v) is 6.83. The number of hydrogen-bond donors (Lipinski definition) is 2. The number of carbonyl (C=O) groups excluding carboxylic acids is 1. The Balaban J connectivity index is 2.00. The van der Waals surface area contributed by atoms with Crippen LogP contribution in [0.15, 0.2) is 53.9 Å². The van der Waals surface area contributed by atoms with Crippen molar-refractivity contribution in [2.45, 2.75) is 17.9 Å². The van der Waals surface area contributed by atoms with E-state index in [9.17, 15) is 13.2 Å². The van der Waals surface area contributed by atoms with Gasteiger partial charge in [-0.05, 0) is 43.3 Å². The minimum absolute atomic E-state index is 0.148. The fraction of sp³-hybridized carbons (Fsp3) is 0.235. The number of sulfonamides is 1. The Hall–Kier alpha value is -1.87. The van der Waals surface area contributed by atoms with Crippen molar-refractivity contribution in [3.05, 3.63) is 58.3 Å². The average molecular weight is 414 g/mol. The Morgan fingerprint density at radius 3 is 2.50 bits per heavy atom. The number of benzene rings is 1. The van der Waals surface area contributed by atoms with Crippen LogP contribution in [0.3, 0.4) is 0 Å². The Labute approximate surface area is 162 Å². The zero-order chi connectivity index (χ0) is 19.3. The number of amides is 2. The molecule has 0 bridgehead atoms. The molecule has 1 aromatic carbocycles. The molecule has 1 heterocycles. The van der Waals surface area contributed by atoms with Gasteiger partial charge in [0.25, 0.3) is 0 Å². The fourth-order valence-electron chi connectivity index (χ4n) is 2.17. The third kappa shape index (κ3) is 5.07. The molecule has 9 heteroatoms. The summed E-state index contributed by atoms with van der Waals surface area (Å²) in [7, 11) is -2.10. The van der Waals surface area contributed by atoms with E-state index in [1.54, 1.807) is 18.2 Å². The Bertz CT molecular complexity index is 879. The van der Waals surface area contributed by atoms with E-state index in [1.807, 2.05) is 13.0 Å². The lowest BCUT2D eigenvalue weighted by Crippen LogP contribution is -2.30. The highest BCUT2D eigenvalue weighted by Crippen LogP contribution is 2.26. The zero-order valence-corrected chi connectivity index (χ0v) is 16.8. The maximum absolute atomic E-state index is 12.3. The van der Waals surface area contributed by atoms with E-state index in [1.165, 1.54) is 40.9 Å². The standard InChI is InChI=1S/C17H20ClN3O3S2/c1-4-11-21(3)26(23,24)14-7-5-13(6-8-14)20-17(22)19-12(2)15-9-10-16(18)25-15/h4-10,12H,1,11H2,2-3H3,(H2,19,20,22)/t12-/m1/s1. The molecule has 0 unspecified atom stereocenters. The predicted octanol–water partition coefficient (Wildman–Crippen LogP) is 4.09. The molecule has 140 valence electrons. The minimum atomic E-state index is -3.58. The molecule has 0 fully saturated rings. The normalized spacial score (nSPS) is 12.6. The van der Waals surface area contributed by atoms with Crippen molar-refractivity contribution in [2.75, 3.05) is 18.9 Å². The van der Waals surface area contributed by atoms with Crippen LogP contribution in [-0.4, -0.2) is 32.3 Å². The van der Waals surface area contributed by atoms with Crippen LogP contribution in [-0.2, 0) is 10.0 Å². The van der Waals surface area contributed by atoms with Crippen molar-refractivity contribution in [2.24, 2.45) is 0 Å². The first-order valence-electron chi connectivity index (χ1n) is 7.74. The van der Waals surface area contributed by atoms with Crippen LogP contribution in [0.1, 0.15) is 17.8 Å². The molecule has 2 aromatic rings. The zero-order valence-electron chi connectivity index (χ0n) is 14.4. The summed E-state index contributed by atoms with van der Waals surface area (Å²) in [6.07, 6.45) is 1.51. The van der Waals surface area contributed by atoms with Gasteiger partial charge in [0.05, 0.1) is 15.3 Å². The molecule has 26 heavy (non-hydrogen) atoms. The van der Waals surface area contributed by atoms with Crippen LogP contribution in [0.25, 0.3) is 0 Å². The molecule has 0 saturated heterocycles. The topological polar surface area (TPSA) is 78.5 Å². The fourth-order valence-corrected chi connectivity index (χ4v) is 4.37. The number of anilines is 1. The number of rotatable bonds is 7. The van der Waals surface area contributed by atoms with Crippen LogP contribution in [0.5, 0.6) is 0 Å². The second-order valence-corrected chi connectivity index (χ2v) is 9.35. The number of likely N-dealkylation sites (N-methyl/N-ethyl adjacent to an activating group) is 1. The lowest BCUT2D eigenvalue weighted by molar-refractivity contribution is 0.249. The molecule has 2 amide bonds. The maximum atomic E-state index is 12.3. The molecule has 6 nitrogen and oxygen atoms in total. The molecular formula is C17H20ClN3O3S2. The van der Waals surface area contributed by atoms with Gasteiger partial charge in [0, 0.05) is 24.2 Å². The summed E-state index contributed by atoms with van der Waals surface area (Å²) in [5, 5.41) is 5.48. The first-order valence-corrected chi connectivity index (χ1v) is 10.4. The number of hydrogen-bond acceptors (Lipinski definition) is 4. The van der Waals surface area contributed by atoms with Gasteiger partial charge in [0.1, 0.15) is 0 Å². The van der Waals surface area contributed by atoms with Gasteiger partial charge >= 0.3 is 6.03 Å². The van der Waals surface area contributed by atoms with Crippen molar-refractivity contribution in [1.82, 2.24) is 9.62 Å². The van der Waals surface area contributed by atoms with Crippen LogP contribution in [0.4, 0.5) is 10.5 Å².